The van der Waals surface area contributed by atoms with Gasteiger partial charge in [-0.1, -0.05) is 20.3 Å². The molecule has 17 heavy (non-hydrogen) atoms. The van der Waals surface area contributed by atoms with Crippen LogP contribution in [0.15, 0.2) is 0 Å². The van der Waals surface area contributed by atoms with Crippen molar-refractivity contribution in [3.63, 3.8) is 0 Å². The van der Waals surface area contributed by atoms with Gasteiger partial charge < -0.3 is 9.57 Å². The summed E-state index contributed by atoms with van der Waals surface area (Å²) >= 11 is 0. The van der Waals surface area contributed by atoms with E-state index < -0.39 is 11.9 Å². The first-order valence-electron chi connectivity index (χ1n) is 6.24. The fourth-order valence-electron chi connectivity index (χ4n) is 1.27. The summed E-state index contributed by atoms with van der Waals surface area (Å²) in [6, 6.07) is 0. The summed E-state index contributed by atoms with van der Waals surface area (Å²) in [7, 11) is 0. The number of hydrogen-bond donors (Lipinski definition) is 1. The lowest BCUT2D eigenvalue weighted by Gasteiger charge is -2.13. The fourth-order valence-corrected chi connectivity index (χ4v) is 1.27. The Bertz CT molecular complexity index is 231. The van der Waals surface area contributed by atoms with Gasteiger partial charge in [0, 0.05) is 6.54 Å². The van der Waals surface area contributed by atoms with Gasteiger partial charge in [0.1, 0.15) is 0 Å². The molecule has 0 fully saturated rings. The monoisotopic (exact) mass is 245 g/mol. The summed E-state index contributed by atoms with van der Waals surface area (Å²) in [5, 5.41) is 0. The van der Waals surface area contributed by atoms with Crippen LogP contribution in [0.5, 0.6) is 0 Å². The molecule has 0 aromatic rings. The highest BCUT2D eigenvalue weighted by Crippen LogP contribution is 2.11. The van der Waals surface area contributed by atoms with E-state index in [1.807, 2.05) is 6.92 Å². The van der Waals surface area contributed by atoms with E-state index in [1.54, 1.807) is 6.92 Å². The number of hydroxylamine groups is 1. The number of rotatable bonds is 9. The van der Waals surface area contributed by atoms with Crippen LogP contribution in [0.3, 0.4) is 0 Å². The Kier molecular flexibility index (Phi) is 9.43. The van der Waals surface area contributed by atoms with Crippen molar-refractivity contribution in [2.45, 2.75) is 46.5 Å². The number of esters is 1. The first-order valence-corrected chi connectivity index (χ1v) is 6.24. The third kappa shape index (κ3) is 7.74. The molecule has 0 rings (SSSR count). The second-order valence-electron chi connectivity index (χ2n) is 3.78. The molecular formula is C12H23NO4. The molecular weight excluding hydrogens is 222 g/mol. The summed E-state index contributed by atoms with van der Waals surface area (Å²) in [5.41, 5.74) is 2.60. The number of ether oxygens (including phenoxy) is 1. The number of carbonyl (C=O) groups excluding carboxylic acids is 2. The van der Waals surface area contributed by atoms with E-state index in [2.05, 4.69) is 12.4 Å². The summed E-state index contributed by atoms with van der Waals surface area (Å²) in [4.78, 5) is 27.7. The van der Waals surface area contributed by atoms with E-state index in [0.29, 0.717) is 19.6 Å². The molecule has 0 aromatic heterocycles. The Morgan fingerprint density at radius 2 is 1.94 bits per heavy atom. The molecule has 100 valence electrons. The van der Waals surface area contributed by atoms with E-state index >= 15 is 0 Å². The largest absolute Gasteiger partial charge is 0.466 e. The molecule has 0 radical (unpaired) electrons. The van der Waals surface area contributed by atoms with Gasteiger partial charge in [-0.2, -0.15) is 5.48 Å². The third-order valence-corrected chi connectivity index (χ3v) is 2.35. The summed E-state index contributed by atoms with van der Waals surface area (Å²) in [6.07, 6.45) is 2.62. The van der Waals surface area contributed by atoms with Gasteiger partial charge in [-0.25, -0.2) is 0 Å². The van der Waals surface area contributed by atoms with Crippen molar-refractivity contribution in [2.24, 2.45) is 5.92 Å². The van der Waals surface area contributed by atoms with Crippen molar-refractivity contribution in [2.75, 3.05) is 13.2 Å². The van der Waals surface area contributed by atoms with Gasteiger partial charge in [-0.05, 0) is 19.8 Å². The standard InChI is InChI=1S/C12H23NO4/c1-4-7-8-13-17-12(15)10(5-2)9-11(14)16-6-3/h10,13H,4-9H2,1-3H3. The van der Waals surface area contributed by atoms with E-state index in [1.165, 1.54) is 0 Å². The molecule has 0 spiro atoms. The number of hydrogen-bond acceptors (Lipinski definition) is 5. The Balaban J connectivity index is 3.90. The second kappa shape index (κ2) is 10.1. The van der Waals surface area contributed by atoms with Crippen molar-refractivity contribution in [1.82, 2.24) is 5.48 Å². The minimum absolute atomic E-state index is 0.0820. The summed E-state index contributed by atoms with van der Waals surface area (Å²) in [5.74, 6) is -1.18. The zero-order valence-corrected chi connectivity index (χ0v) is 11.0. The Labute approximate surface area is 103 Å². The highest BCUT2D eigenvalue weighted by Gasteiger charge is 2.22. The van der Waals surface area contributed by atoms with Gasteiger partial charge in [0.25, 0.3) is 0 Å². The Morgan fingerprint density at radius 3 is 2.47 bits per heavy atom. The van der Waals surface area contributed by atoms with Gasteiger partial charge >= 0.3 is 11.9 Å². The molecule has 0 aliphatic heterocycles. The third-order valence-electron chi connectivity index (χ3n) is 2.35. The fraction of sp³-hybridized carbons (Fsp3) is 0.833. The van der Waals surface area contributed by atoms with Crippen LogP contribution in [0, 0.1) is 5.92 Å². The SMILES string of the molecule is CCCCNOC(=O)C(CC)CC(=O)OCC. The molecule has 5 nitrogen and oxygen atoms in total. The molecule has 1 unspecified atom stereocenters. The van der Waals surface area contributed by atoms with Crippen LogP contribution in [0.1, 0.15) is 46.5 Å². The molecule has 0 saturated carbocycles. The van der Waals surface area contributed by atoms with Crippen LogP contribution in [0.25, 0.3) is 0 Å². The number of carbonyl (C=O) groups is 2. The first kappa shape index (κ1) is 15.9. The van der Waals surface area contributed by atoms with Gasteiger partial charge in [0.05, 0.1) is 18.9 Å². The zero-order chi connectivity index (χ0) is 13.1. The van der Waals surface area contributed by atoms with Crippen molar-refractivity contribution >= 4 is 11.9 Å². The highest BCUT2D eigenvalue weighted by molar-refractivity contribution is 5.79. The normalized spacial score (nSPS) is 11.9. The van der Waals surface area contributed by atoms with Gasteiger partial charge in [0.2, 0.25) is 0 Å². The minimum atomic E-state index is -0.428. The van der Waals surface area contributed by atoms with Crippen LogP contribution in [0.4, 0.5) is 0 Å². The van der Waals surface area contributed by atoms with Crippen molar-refractivity contribution in [3.8, 4) is 0 Å². The maximum Gasteiger partial charge on any atom is 0.328 e. The molecule has 0 aliphatic carbocycles. The Hall–Kier alpha value is -1.10. The van der Waals surface area contributed by atoms with E-state index in [-0.39, 0.29) is 12.4 Å². The van der Waals surface area contributed by atoms with Crippen LogP contribution < -0.4 is 5.48 Å². The van der Waals surface area contributed by atoms with E-state index in [9.17, 15) is 9.59 Å². The average Bonchev–Trinajstić information content (AvgIpc) is 2.31. The van der Waals surface area contributed by atoms with Crippen molar-refractivity contribution in [1.29, 1.82) is 0 Å². The lowest BCUT2D eigenvalue weighted by molar-refractivity contribution is -0.160. The minimum Gasteiger partial charge on any atom is -0.466 e. The quantitative estimate of drug-likeness (QED) is 0.381. The highest BCUT2D eigenvalue weighted by atomic mass is 16.7. The topological polar surface area (TPSA) is 64.6 Å². The lowest BCUT2D eigenvalue weighted by Crippen LogP contribution is -2.28. The predicted molar refractivity (Wildman–Crippen MR) is 64.0 cm³/mol. The predicted octanol–water partition coefficient (Wildman–Crippen LogP) is 1.81. The van der Waals surface area contributed by atoms with Gasteiger partial charge in [0.15, 0.2) is 0 Å². The van der Waals surface area contributed by atoms with E-state index in [4.69, 9.17) is 9.57 Å². The van der Waals surface area contributed by atoms with Crippen molar-refractivity contribution in [3.05, 3.63) is 0 Å². The number of nitrogens with one attached hydrogen (secondary N) is 1. The zero-order valence-electron chi connectivity index (χ0n) is 11.0. The molecule has 0 saturated heterocycles. The van der Waals surface area contributed by atoms with Crippen LogP contribution >= 0.6 is 0 Å². The van der Waals surface area contributed by atoms with Crippen LogP contribution in [0.2, 0.25) is 0 Å². The van der Waals surface area contributed by atoms with Crippen LogP contribution in [-0.2, 0) is 19.2 Å². The van der Waals surface area contributed by atoms with Crippen molar-refractivity contribution < 1.29 is 19.2 Å². The van der Waals surface area contributed by atoms with E-state index in [0.717, 1.165) is 12.8 Å². The molecule has 1 atom stereocenters. The van der Waals surface area contributed by atoms with Gasteiger partial charge in [-0.15, -0.1) is 0 Å². The summed E-state index contributed by atoms with van der Waals surface area (Å²) in [6.45, 7) is 6.61. The smallest absolute Gasteiger partial charge is 0.328 e. The molecule has 5 heteroatoms. The number of unbranched alkanes of at least 4 members (excludes halogenated alkanes) is 1. The maximum atomic E-state index is 11.6. The molecule has 0 aromatic carbocycles. The molecule has 0 aliphatic rings. The first-order chi connectivity index (χ1) is 8.15. The molecule has 0 amide bonds. The molecule has 1 N–H and O–H groups in total. The molecule has 0 bridgehead atoms. The average molecular weight is 245 g/mol. The van der Waals surface area contributed by atoms with Gasteiger partial charge in [-0.3, -0.25) is 9.59 Å². The molecule has 0 heterocycles. The second-order valence-corrected chi connectivity index (χ2v) is 3.78. The maximum absolute atomic E-state index is 11.6. The van der Waals surface area contributed by atoms with Crippen LogP contribution in [-0.4, -0.2) is 25.1 Å². The Morgan fingerprint density at radius 1 is 1.24 bits per heavy atom. The lowest BCUT2D eigenvalue weighted by atomic mass is 10.0. The summed E-state index contributed by atoms with van der Waals surface area (Å²) < 4.78 is 4.80.